The number of nitrogens with one attached hydrogen (secondary N) is 1. The summed E-state index contributed by atoms with van der Waals surface area (Å²) in [6.07, 6.45) is -3.55. The van der Waals surface area contributed by atoms with Gasteiger partial charge in [-0.05, 0) is 43.3 Å². The second-order valence-corrected chi connectivity index (χ2v) is 7.82. The molecule has 1 heterocycles. The van der Waals surface area contributed by atoms with Crippen LogP contribution in [0, 0.1) is 0 Å². The lowest BCUT2D eigenvalue weighted by Crippen LogP contribution is -2.47. The van der Waals surface area contributed by atoms with Crippen LogP contribution in [0.2, 0.25) is 0 Å². The van der Waals surface area contributed by atoms with Gasteiger partial charge in [-0.2, -0.15) is 13.2 Å². The van der Waals surface area contributed by atoms with Crippen LogP contribution in [0.15, 0.2) is 48.5 Å². The van der Waals surface area contributed by atoms with Gasteiger partial charge in [-0.1, -0.05) is 18.2 Å². The van der Waals surface area contributed by atoms with Gasteiger partial charge in [-0.25, -0.2) is 0 Å². The van der Waals surface area contributed by atoms with Gasteiger partial charge in [-0.3, -0.25) is 9.69 Å². The zero-order valence-electron chi connectivity index (χ0n) is 18.7. The van der Waals surface area contributed by atoms with Crippen LogP contribution >= 0.6 is 0 Å². The van der Waals surface area contributed by atoms with Crippen LogP contribution in [0.1, 0.15) is 22.3 Å². The Kier molecular flexibility index (Phi) is 8.96. The van der Waals surface area contributed by atoms with Crippen molar-refractivity contribution in [3.05, 3.63) is 59.7 Å². The number of carbonyl (C=O) groups is 1. The molecule has 1 N–H and O–H groups in total. The van der Waals surface area contributed by atoms with E-state index in [4.69, 9.17) is 9.47 Å². The highest BCUT2D eigenvalue weighted by Gasteiger charge is 2.31. The molecule has 1 aliphatic rings. The monoisotopic (exact) mass is 465 g/mol. The molecule has 180 valence electrons. The molecule has 0 atom stereocenters. The Hall–Kier alpha value is -2.78. The fraction of sp³-hybridized carbons (Fsp3) is 0.458. The summed E-state index contributed by atoms with van der Waals surface area (Å²) in [5.41, 5.74) is 0.468. The summed E-state index contributed by atoms with van der Waals surface area (Å²) in [6, 6.07) is 12.6. The van der Waals surface area contributed by atoms with Crippen molar-refractivity contribution in [2.45, 2.75) is 12.6 Å². The van der Waals surface area contributed by atoms with Gasteiger partial charge < -0.3 is 19.7 Å². The maximum atomic E-state index is 13.0. The van der Waals surface area contributed by atoms with E-state index in [0.717, 1.165) is 32.1 Å². The van der Waals surface area contributed by atoms with Crippen LogP contribution in [0.4, 0.5) is 18.9 Å². The second-order valence-electron chi connectivity index (χ2n) is 7.82. The molecule has 3 rings (SSSR count). The molecular weight excluding hydrogens is 435 g/mol. The molecule has 1 fully saturated rings. The van der Waals surface area contributed by atoms with Gasteiger partial charge in [0.15, 0.2) is 0 Å². The first-order chi connectivity index (χ1) is 15.9. The van der Waals surface area contributed by atoms with Crippen LogP contribution in [0.3, 0.4) is 0 Å². The SMILES string of the molecule is COCCOc1ccccc1C(=O)NCCCN1CCN(c2cccc(C(F)(F)F)c2)CC1. The minimum atomic E-state index is -4.33. The van der Waals surface area contributed by atoms with E-state index < -0.39 is 11.7 Å². The van der Waals surface area contributed by atoms with E-state index in [1.165, 1.54) is 12.1 Å². The number of benzene rings is 2. The number of alkyl halides is 3. The van der Waals surface area contributed by atoms with Crippen LogP contribution in [-0.2, 0) is 10.9 Å². The first-order valence-electron chi connectivity index (χ1n) is 11.0. The fourth-order valence-electron chi connectivity index (χ4n) is 3.72. The maximum absolute atomic E-state index is 13.0. The van der Waals surface area contributed by atoms with Gasteiger partial charge in [0.25, 0.3) is 5.91 Å². The molecule has 9 heteroatoms. The van der Waals surface area contributed by atoms with Gasteiger partial charge in [0.2, 0.25) is 0 Å². The number of amides is 1. The highest BCUT2D eigenvalue weighted by molar-refractivity contribution is 5.96. The molecule has 0 aliphatic carbocycles. The Balaban J connectivity index is 1.40. The molecule has 0 radical (unpaired) electrons. The van der Waals surface area contributed by atoms with Crippen LogP contribution in [0.5, 0.6) is 5.75 Å². The molecule has 0 unspecified atom stereocenters. The fourth-order valence-corrected chi connectivity index (χ4v) is 3.72. The summed E-state index contributed by atoms with van der Waals surface area (Å²) in [5, 5.41) is 2.93. The van der Waals surface area contributed by atoms with E-state index in [0.29, 0.717) is 49.8 Å². The highest BCUT2D eigenvalue weighted by Crippen LogP contribution is 2.31. The third-order valence-electron chi connectivity index (χ3n) is 5.52. The van der Waals surface area contributed by atoms with Crippen LogP contribution in [-0.4, -0.2) is 70.4 Å². The number of para-hydroxylation sites is 1. The van der Waals surface area contributed by atoms with E-state index in [9.17, 15) is 18.0 Å². The third-order valence-corrected chi connectivity index (χ3v) is 5.52. The van der Waals surface area contributed by atoms with Crippen molar-refractivity contribution in [3.8, 4) is 5.75 Å². The van der Waals surface area contributed by atoms with Crippen molar-refractivity contribution in [1.29, 1.82) is 0 Å². The third kappa shape index (κ3) is 7.36. The zero-order chi connectivity index (χ0) is 23.7. The predicted octanol–water partition coefficient (Wildman–Crippen LogP) is 3.67. The Morgan fingerprint density at radius 1 is 1.03 bits per heavy atom. The average Bonchev–Trinajstić information content (AvgIpc) is 2.82. The quantitative estimate of drug-likeness (QED) is 0.543. The predicted molar refractivity (Wildman–Crippen MR) is 121 cm³/mol. The average molecular weight is 466 g/mol. The standard InChI is InChI=1S/C24H30F3N3O3/c1-32-16-17-33-22-9-3-2-8-21(22)23(31)28-10-5-11-29-12-14-30(15-13-29)20-7-4-6-19(18-20)24(25,26)27/h2-4,6-9,18H,5,10-17H2,1H3,(H,28,31). The van der Waals surface area contributed by atoms with Gasteiger partial charge in [-0.15, -0.1) is 0 Å². The summed E-state index contributed by atoms with van der Waals surface area (Å²) in [4.78, 5) is 16.8. The number of rotatable bonds is 10. The summed E-state index contributed by atoms with van der Waals surface area (Å²) in [7, 11) is 1.59. The highest BCUT2D eigenvalue weighted by atomic mass is 19.4. The molecule has 0 aromatic heterocycles. The van der Waals surface area contributed by atoms with Gasteiger partial charge in [0.05, 0.1) is 17.7 Å². The van der Waals surface area contributed by atoms with Gasteiger partial charge in [0.1, 0.15) is 12.4 Å². The van der Waals surface area contributed by atoms with E-state index in [1.54, 1.807) is 31.4 Å². The molecule has 0 bridgehead atoms. The lowest BCUT2D eigenvalue weighted by Gasteiger charge is -2.36. The van der Waals surface area contributed by atoms with Crippen molar-refractivity contribution < 1.29 is 27.4 Å². The number of hydrogen-bond acceptors (Lipinski definition) is 5. The Morgan fingerprint density at radius 2 is 1.79 bits per heavy atom. The molecular formula is C24H30F3N3O3. The summed E-state index contributed by atoms with van der Waals surface area (Å²) in [5.74, 6) is 0.343. The summed E-state index contributed by atoms with van der Waals surface area (Å²) >= 11 is 0. The van der Waals surface area contributed by atoms with Crippen molar-refractivity contribution in [3.63, 3.8) is 0 Å². The normalized spacial score (nSPS) is 14.8. The first kappa shape index (κ1) is 24.9. The number of methoxy groups -OCH3 is 1. The number of piperazine rings is 1. The minimum absolute atomic E-state index is 0.183. The van der Waals surface area contributed by atoms with Crippen molar-refractivity contribution >= 4 is 11.6 Å². The minimum Gasteiger partial charge on any atom is -0.490 e. The lowest BCUT2D eigenvalue weighted by atomic mass is 10.1. The summed E-state index contributed by atoms with van der Waals surface area (Å²) < 4.78 is 49.5. The summed E-state index contributed by atoms with van der Waals surface area (Å²) in [6.45, 7) is 5.01. The van der Waals surface area contributed by atoms with Gasteiger partial charge in [0, 0.05) is 45.5 Å². The topological polar surface area (TPSA) is 54.0 Å². The number of carbonyl (C=O) groups excluding carboxylic acids is 1. The van der Waals surface area contributed by atoms with Crippen LogP contribution < -0.4 is 15.0 Å². The molecule has 6 nitrogen and oxygen atoms in total. The van der Waals surface area contributed by atoms with Crippen molar-refractivity contribution in [1.82, 2.24) is 10.2 Å². The number of nitrogens with zero attached hydrogens (tertiary/aromatic N) is 2. The molecule has 1 amide bonds. The molecule has 2 aromatic carbocycles. The Morgan fingerprint density at radius 3 is 2.52 bits per heavy atom. The van der Waals surface area contributed by atoms with Gasteiger partial charge >= 0.3 is 6.18 Å². The number of anilines is 1. The molecule has 33 heavy (non-hydrogen) atoms. The smallest absolute Gasteiger partial charge is 0.416 e. The molecule has 2 aromatic rings. The van der Waals surface area contributed by atoms with E-state index in [-0.39, 0.29) is 5.91 Å². The largest absolute Gasteiger partial charge is 0.490 e. The van der Waals surface area contributed by atoms with E-state index in [2.05, 4.69) is 10.2 Å². The maximum Gasteiger partial charge on any atom is 0.416 e. The molecule has 0 spiro atoms. The van der Waals surface area contributed by atoms with E-state index >= 15 is 0 Å². The lowest BCUT2D eigenvalue weighted by molar-refractivity contribution is -0.137. The zero-order valence-corrected chi connectivity index (χ0v) is 18.7. The number of halogens is 3. The Labute approximate surface area is 192 Å². The van der Waals surface area contributed by atoms with Crippen LogP contribution in [0.25, 0.3) is 0 Å². The van der Waals surface area contributed by atoms with Crippen molar-refractivity contribution in [2.75, 3.05) is 64.5 Å². The first-order valence-corrected chi connectivity index (χ1v) is 11.0. The number of hydrogen-bond donors (Lipinski definition) is 1. The molecule has 1 aliphatic heterocycles. The van der Waals surface area contributed by atoms with Crippen molar-refractivity contribution in [2.24, 2.45) is 0 Å². The molecule has 1 saturated heterocycles. The molecule has 0 saturated carbocycles. The Bertz CT molecular complexity index is 900. The van der Waals surface area contributed by atoms with E-state index in [1.807, 2.05) is 11.0 Å². The second kappa shape index (κ2) is 11.9. The number of ether oxygens (including phenoxy) is 2.